The summed E-state index contributed by atoms with van der Waals surface area (Å²) < 4.78 is 5.84. The number of nitrogens with one attached hydrogen (secondary N) is 2. The second-order valence-corrected chi connectivity index (χ2v) is 6.51. The molecule has 0 aliphatic heterocycles. The van der Waals surface area contributed by atoms with E-state index in [0.717, 1.165) is 36.1 Å². The van der Waals surface area contributed by atoms with Crippen LogP contribution < -0.4 is 15.4 Å². The summed E-state index contributed by atoms with van der Waals surface area (Å²) >= 11 is 0. The molecule has 0 spiro atoms. The Hall–Kier alpha value is -1.71. The molecule has 0 heterocycles. The molecule has 1 aliphatic carbocycles. The number of benzene rings is 1. The number of hydrogen-bond acceptors (Lipinski definition) is 2. The summed E-state index contributed by atoms with van der Waals surface area (Å²) in [6.45, 7) is 5.38. The Morgan fingerprint density at radius 3 is 2.43 bits per heavy atom. The van der Waals surface area contributed by atoms with Crippen LogP contribution in [-0.4, -0.2) is 25.2 Å². The van der Waals surface area contributed by atoms with Crippen molar-refractivity contribution in [2.24, 2.45) is 0 Å². The van der Waals surface area contributed by atoms with Gasteiger partial charge >= 0.3 is 6.03 Å². The molecule has 2 amide bonds. The number of amides is 2. The van der Waals surface area contributed by atoms with Gasteiger partial charge in [-0.15, -0.1) is 0 Å². The number of aryl methyl sites for hydroxylation is 2. The molecule has 1 aromatic rings. The van der Waals surface area contributed by atoms with E-state index in [-0.39, 0.29) is 6.03 Å². The molecule has 1 fully saturated rings. The molecule has 0 aromatic heterocycles. The molecular formula is C19H30N2O2. The maximum atomic E-state index is 11.9. The zero-order chi connectivity index (χ0) is 16.5. The molecule has 0 bridgehead atoms. The molecule has 4 nitrogen and oxygen atoms in total. The lowest BCUT2D eigenvalue weighted by molar-refractivity contribution is 0.233. The van der Waals surface area contributed by atoms with Crippen LogP contribution in [-0.2, 0) is 0 Å². The zero-order valence-corrected chi connectivity index (χ0v) is 14.5. The van der Waals surface area contributed by atoms with E-state index in [0.29, 0.717) is 19.2 Å². The molecular weight excluding hydrogens is 288 g/mol. The van der Waals surface area contributed by atoms with Crippen LogP contribution in [0.15, 0.2) is 18.2 Å². The van der Waals surface area contributed by atoms with Crippen molar-refractivity contribution in [2.75, 3.05) is 13.2 Å². The molecule has 0 saturated heterocycles. The third kappa shape index (κ3) is 6.12. The van der Waals surface area contributed by atoms with Crippen LogP contribution in [0.5, 0.6) is 5.75 Å². The summed E-state index contributed by atoms with van der Waals surface area (Å²) in [5, 5.41) is 6.03. The molecule has 4 heteroatoms. The summed E-state index contributed by atoms with van der Waals surface area (Å²) in [5.74, 6) is 0.968. The Morgan fingerprint density at radius 1 is 1.13 bits per heavy atom. The smallest absolute Gasteiger partial charge is 0.315 e. The van der Waals surface area contributed by atoms with Crippen molar-refractivity contribution in [1.29, 1.82) is 0 Å². The van der Waals surface area contributed by atoms with E-state index in [4.69, 9.17) is 4.74 Å². The maximum absolute atomic E-state index is 11.9. The van der Waals surface area contributed by atoms with E-state index in [1.165, 1.54) is 25.7 Å². The van der Waals surface area contributed by atoms with Gasteiger partial charge in [-0.2, -0.15) is 0 Å². The van der Waals surface area contributed by atoms with Crippen LogP contribution >= 0.6 is 0 Å². The van der Waals surface area contributed by atoms with Gasteiger partial charge in [0.15, 0.2) is 0 Å². The monoisotopic (exact) mass is 318 g/mol. The third-order valence-electron chi connectivity index (χ3n) is 4.45. The largest absolute Gasteiger partial charge is 0.493 e. The summed E-state index contributed by atoms with van der Waals surface area (Å²) in [6, 6.07) is 6.46. The van der Waals surface area contributed by atoms with Gasteiger partial charge < -0.3 is 15.4 Å². The fourth-order valence-corrected chi connectivity index (χ4v) is 3.14. The van der Waals surface area contributed by atoms with Gasteiger partial charge in [-0.1, -0.05) is 43.9 Å². The Morgan fingerprint density at radius 2 is 1.78 bits per heavy atom. The minimum absolute atomic E-state index is 0.0380. The Balaban J connectivity index is 1.60. The van der Waals surface area contributed by atoms with E-state index >= 15 is 0 Å². The lowest BCUT2D eigenvalue weighted by atomic mass is 10.1. The van der Waals surface area contributed by atoms with Crippen LogP contribution in [0.1, 0.15) is 56.1 Å². The van der Waals surface area contributed by atoms with Gasteiger partial charge in [0.1, 0.15) is 5.75 Å². The second-order valence-electron chi connectivity index (χ2n) is 6.51. The Labute approximate surface area is 140 Å². The molecule has 0 radical (unpaired) electrons. The van der Waals surface area contributed by atoms with Crippen molar-refractivity contribution in [1.82, 2.24) is 10.6 Å². The molecule has 1 aromatic carbocycles. The molecule has 2 N–H and O–H groups in total. The highest BCUT2D eigenvalue weighted by atomic mass is 16.5. The van der Waals surface area contributed by atoms with Crippen molar-refractivity contribution >= 4 is 6.03 Å². The zero-order valence-electron chi connectivity index (χ0n) is 14.5. The Kier molecular flexibility index (Phi) is 7.24. The van der Waals surface area contributed by atoms with Gasteiger partial charge in [0.05, 0.1) is 6.61 Å². The Bertz CT molecular complexity index is 474. The maximum Gasteiger partial charge on any atom is 0.315 e. The average Bonchev–Trinajstić information content (AvgIpc) is 2.78. The molecule has 2 rings (SSSR count). The van der Waals surface area contributed by atoms with Crippen molar-refractivity contribution in [3.63, 3.8) is 0 Å². The van der Waals surface area contributed by atoms with Crippen molar-refractivity contribution in [3.8, 4) is 5.75 Å². The van der Waals surface area contributed by atoms with Crippen molar-refractivity contribution < 1.29 is 9.53 Å². The molecule has 0 atom stereocenters. The fourth-order valence-electron chi connectivity index (χ4n) is 3.14. The van der Waals surface area contributed by atoms with Gasteiger partial charge in [-0.25, -0.2) is 4.79 Å². The second kappa shape index (κ2) is 9.43. The lowest BCUT2D eigenvalue weighted by Crippen LogP contribution is -2.42. The number of carbonyl (C=O) groups is 1. The molecule has 1 aliphatic rings. The summed E-state index contributed by atoms with van der Waals surface area (Å²) in [7, 11) is 0. The van der Waals surface area contributed by atoms with Gasteiger partial charge in [0, 0.05) is 12.6 Å². The van der Waals surface area contributed by atoms with E-state index in [1.54, 1.807) is 0 Å². The highest BCUT2D eigenvalue weighted by molar-refractivity contribution is 5.74. The normalized spacial score (nSPS) is 15.7. The number of urea groups is 1. The number of rotatable bonds is 6. The van der Waals surface area contributed by atoms with Crippen molar-refractivity contribution in [2.45, 2.75) is 64.8 Å². The first kappa shape index (κ1) is 17.6. The molecule has 0 unspecified atom stereocenters. The first-order chi connectivity index (χ1) is 11.2. The first-order valence-electron chi connectivity index (χ1n) is 8.90. The van der Waals surface area contributed by atoms with E-state index in [2.05, 4.69) is 36.6 Å². The van der Waals surface area contributed by atoms with Crippen LogP contribution in [0.4, 0.5) is 4.79 Å². The molecule has 1 saturated carbocycles. The van der Waals surface area contributed by atoms with Crippen molar-refractivity contribution in [3.05, 3.63) is 29.3 Å². The summed E-state index contributed by atoms with van der Waals surface area (Å²) in [4.78, 5) is 11.9. The van der Waals surface area contributed by atoms with Gasteiger partial charge in [0.25, 0.3) is 0 Å². The molecule has 128 valence electrons. The van der Waals surface area contributed by atoms with Gasteiger partial charge in [0.2, 0.25) is 0 Å². The predicted molar refractivity (Wildman–Crippen MR) is 94.1 cm³/mol. The van der Waals surface area contributed by atoms with E-state index in [1.807, 2.05) is 6.07 Å². The van der Waals surface area contributed by atoms with E-state index < -0.39 is 0 Å². The topological polar surface area (TPSA) is 50.4 Å². The fraction of sp³-hybridized carbons (Fsp3) is 0.632. The predicted octanol–water partition coefficient (Wildman–Crippen LogP) is 4.09. The molecule has 23 heavy (non-hydrogen) atoms. The van der Waals surface area contributed by atoms with Crippen LogP contribution in [0.2, 0.25) is 0 Å². The quantitative estimate of drug-likeness (QED) is 0.613. The number of carbonyl (C=O) groups excluding carboxylic acids is 1. The van der Waals surface area contributed by atoms with Gasteiger partial charge in [-0.3, -0.25) is 0 Å². The number of ether oxygens (including phenoxy) is 1. The number of hydrogen-bond donors (Lipinski definition) is 2. The highest BCUT2D eigenvalue weighted by Crippen LogP contribution is 2.22. The summed E-state index contributed by atoms with van der Waals surface area (Å²) in [5.41, 5.74) is 2.31. The average molecular weight is 318 g/mol. The minimum Gasteiger partial charge on any atom is -0.493 e. The lowest BCUT2D eigenvalue weighted by Gasteiger charge is -2.17. The van der Waals surface area contributed by atoms with Crippen LogP contribution in [0, 0.1) is 13.8 Å². The summed E-state index contributed by atoms with van der Waals surface area (Å²) in [6.07, 6.45) is 8.10. The highest BCUT2D eigenvalue weighted by Gasteiger charge is 2.14. The van der Waals surface area contributed by atoms with Gasteiger partial charge in [-0.05, 0) is 44.2 Å². The van der Waals surface area contributed by atoms with Crippen LogP contribution in [0.3, 0.4) is 0 Å². The van der Waals surface area contributed by atoms with Crippen LogP contribution in [0.25, 0.3) is 0 Å². The standard InChI is InChI=1S/C19H30N2O2/c1-15-9-7-10-16(2)18(15)23-14-8-13-20-19(22)21-17-11-5-3-4-6-12-17/h7,9-10,17H,3-6,8,11-14H2,1-2H3,(H2,20,21,22). The minimum atomic E-state index is -0.0380. The first-order valence-corrected chi connectivity index (χ1v) is 8.90. The number of para-hydroxylation sites is 1. The van der Waals surface area contributed by atoms with E-state index in [9.17, 15) is 4.79 Å². The SMILES string of the molecule is Cc1cccc(C)c1OCCCNC(=O)NC1CCCCCC1. The third-order valence-corrected chi connectivity index (χ3v) is 4.45.